The Morgan fingerprint density at radius 3 is 2.50 bits per heavy atom. The summed E-state index contributed by atoms with van der Waals surface area (Å²) in [4.78, 5) is 10.4. The van der Waals surface area contributed by atoms with Gasteiger partial charge in [0.05, 0.1) is 17.9 Å². The van der Waals surface area contributed by atoms with E-state index in [0.717, 1.165) is 6.42 Å². The topological polar surface area (TPSA) is 67.8 Å². The Morgan fingerprint density at radius 1 is 1.50 bits per heavy atom. The second-order valence-electron chi connectivity index (χ2n) is 2.63. The molecule has 0 aliphatic heterocycles. The van der Waals surface area contributed by atoms with Crippen LogP contribution in [0.4, 0.5) is 0 Å². The normalized spacial score (nSPS) is 32.1. The predicted molar refractivity (Wildman–Crippen MR) is 33.5 cm³/mol. The Hall–Kier alpha value is -0.830. The quantitative estimate of drug-likeness (QED) is 0.443. The number of hydrogen-bond acceptors (Lipinski definition) is 2. The van der Waals surface area contributed by atoms with E-state index in [1.165, 1.54) is 0 Å². The molecule has 0 spiro atoms. The van der Waals surface area contributed by atoms with E-state index in [0.29, 0.717) is 6.42 Å². The van der Waals surface area contributed by atoms with Gasteiger partial charge in [0, 0.05) is 6.42 Å². The Balaban J connectivity index is 2.59. The standard InChI is InChI=1S/C7H11NO2/c8-6-4-2-1-3-5(6)7(9)10/h1-2,5-6H,3-4,8H2,(H,9,10)/t5-,6+/m1/s1. The molecule has 0 aromatic heterocycles. The van der Waals surface area contributed by atoms with Gasteiger partial charge in [-0.05, 0) is 6.42 Å². The van der Waals surface area contributed by atoms with Gasteiger partial charge in [0.25, 0.3) is 0 Å². The minimum absolute atomic E-state index is 0.00463. The molecule has 3 N–H and O–H groups in total. The van der Waals surface area contributed by atoms with Gasteiger partial charge < -0.3 is 15.6 Å². The fourth-order valence-electron chi connectivity index (χ4n) is 1.16. The summed E-state index contributed by atoms with van der Waals surface area (Å²) in [5, 5.41) is 10.4. The second-order valence-corrected chi connectivity index (χ2v) is 2.63. The van der Waals surface area contributed by atoms with E-state index in [4.69, 9.17) is 0 Å². The molecule has 3 heteroatoms. The third kappa shape index (κ3) is 1.36. The molecule has 0 unspecified atom stereocenters. The first kappa shape index (κ1) is 7.28. The van der Waals surface area contributed by atoms with Crippen LogP contribution < -0.4 is 10.8 Å². The first-order valence-electron chi connectivity index (χ1n) is 3.40. The van der Waals surface area contributed by atoms with Crippen LogP contribution in [0.3, 0.4) is 0 Å². The third-order valence-corrected chi connectivity index (χ3v) is 1.87. The molecule has 0 aromatic carbocycles. The van der Waals surface area contributed by atoms with E-state index < -0.39 is 5.97 Å². The van der Waals surface area contributed by atoms with Gasteiger partial charge in [-0.25, -0.2) is 0 Å². The zero-order valence-electron chi connectivity index (χ0n) is 5.75. The third-order valence-electron chi connectivity index (χ3n) is 1.87. The van der Waals surface area contributed by atoms with Gasteiger partial charge in [-0.3, -0.25) is 0 Å². The van der Waals surface area contributed by atoms with Gasteiger partial charge in [-0.15, -0.1) is 0 Å². The summed E-state index contributed by atoms with van der Waals surface area (Å²) in [5.74, 6) is -1.34. The van der Waals surface area contributed by atoms with Crippen LogP contribution in [0.2, 0.25) is 0 Å². The van der Waals surface area contributed by atoms with Crippen LogP contribution in [-0.4, -0.2) is 12.0 Å². The van der Waals surface area contributed by atoms with E-state index in [2.05, 4.69) is 5.73 Å². The molecular weight excluding hydrogens is 130 g/mol. The Bertz CT molecular complexity index is 165. The summed E-state index contributed by atoms with van der Waals surface area (Å²) >= 11 is 0. The smallest absolute Gasteiger partial charge is 0.0962 e. The minimum atomic E-state index is -0.968. The van der Waals surface area contributed by atoms with Gasteiger partial charge in [0.2, 0.25) is 0 Å². The summed E-state index contributed by atoms with van der Waals surface area (Å²) in [5.41, 5.74) is 3.73. The number of quaternary nitrogens is 1. The van der Waals surface area contributed by atoms with Crippen LogP contribution in [0.25, 0.3) is 0 Å². The van der Waals surface area contributed by atoms with Gasteiger partial charge in [-0.2, -0.15) is 0 Å². The van der Waals surface area contributed by atoms with Gasteiger partial charge in [0.1, 0.15) is 0 Å². The molecule has 1 rings (SSSR count). The highest BCUT2D eigenvalue weighted by molar-refractivity contribution is 5.68. The largest absolute Gasteiger partial charge is 0.550 e. The molecule has 10 heavy (non-hydrogen) atoms. The molecule has 0 fully saturated rings. The Labute approximate surface area is 59.5 Å². The van der Waals surface area contributed by atoms with Gasteiger partial charge >= 0.3 is 0 Å². The average molecular weight is 141 g/mol. The van der Waals surface area contributed by atoms with Crippen molar-refractivity contribution in [3.63, 3.8) is 0 Å². The van der Waals surface area contributed by atoms with Crippen molar-refractivity contribution in [2.75, 3.05) is 0 Å². The number of aliphatic carboxylic acids is 1. The molecule has 0 saturated carbocycles. The number of allylic oxidation sites excluding steroid dienone is 1. The lowest BCUT2D eigenvalue weighted by atomic mass is 9.90. The lowest BCUT2D eigenvalue weighted by molar-refractivity contribution is -0.436. The lowest BCUT2D eigenvalue weighted by Crippen LogP contribution is -2.67. The number of carboxylic acid groups (broad SMARTS) is 1. The Kier molecular flexibility index (Phi) is 2.06. The van der Waals surface area contributed by atoms with Crippen molar-refractivity contribution in [2.24, 2.45) is 5.92 Å². The molecule has 0 saturated heterocycles. The van der Waals surface area contributed by atoms with Crippen molar-refractivity contribution in [3.8, 4) is 0 Å². The minimum Gasteiger partial charge on any atom is -0.550 e. The van der Waals surface area contributed by atoms with Crippen molar-refractivity contribution in [1.29, 1.82) is 0 Å². The van der Waals surface area contributed by atoms with Crippen molar-refractivity contribution in [3.05, 3.63) is 12.2 Å². The van der Waals surface area contributed by atoms with Gasteiger partial charge in [0.15, 0.2) is 0 Å². The first-order chi connectivity index (χ1) is 4.72. The maximum Gasteiger partial charge on any atom is 0.0962 e. The molecule has 1 aliphatic carbocycles. The fourth-order valence-corrected chi connectivity index (χ4v) is 1.16. The highest BCUT2D eigenvalue weighted by Gasteiger charge is 2.22. The average Bonchev–Trinajstić information content (AvgIpc) is 1.88. The van der Waals surface area contributed by atoms with Crippen LogP contribution in [0, 0.1) is 5.92 Å². The molecule has 0 radical (unpaired) electrons. The molecule has 56 valence electrons. The number of carbonyl (C=O) groups is 1. The maximum atomic E-state index is 10.4. The number of hydrogen-bond donors (Lipinski definition) is 1. The van der Waals surface area contributed by atoms with E-state index >= 15 is 0 Å². The van der Waals surface area contributed by atoms with E-state index in [1.54, 1.807) is 0 Å². The molecule has 1 aliphatic rings. The zero-order valence-corrected chi connectivity index (χ0v) is 5.75. The SMILES string of the molecule is [NH3+][C@H]1CC=CC[C@H]1C(=O)[O-]. The van der Waals surface area contributed by atoms with Crippen molar-refractivity contribution < 1.29 is 15.6 Å². The van der Waals surface area contributed by atoms with Crippen LogP contribution in [0.5, 0.6) is 0 Å². The summed E-state index contributed by atoms with van der Waals surface area (Å²) in [7, 11) is 0. The molecule has 2 atom stereocenters. The van der Waals surface area contributed by atoms with Crippen molar-refractivity contribution in [1.82, 2.24) is 0 Å². The highest BCUT2D eigenvalue weighted by atomic mass is 16.4. The van der Waals surface area contributed by atoms with Crippen LogP contribution in [-0.2, 0) is 4.79 Å². The number of carboxylic acids is 1. The van der Waals surface area contributed by atoms with Crippen molar-refractivity contribution >= 4 is 5.97 Å². The molecule has 0 bridgehead atoms. The van der Waals surface area contributed by atoms with Crippen molar-refractivity contribution in [2.45, 2.75) is 18.9 Å². The summed E-state index contributed by atoms with van der Waals surface area (Å²) < 4.78 is 0. The Morgan fingerprint density at radius 2 is 2.10 bits per heavy atom. The van der Waals surface area contributed by atoms with Gasteiger partial charge in [-0.1, -0.05) is 12.2 Å². The summed E-state index contributed by atoms with van der Waals surface area (Å²) in [6.07, 6.45) is 5.19. The van der Waals surface area contributed by atoms with E-state index in [1.807, 2.05) is 12.2 Å². The van der Waals surface area contributed by atoms with E-state index in [-0.39, 0.29) is 12.0 Å². The predicted octanol–water partition coefficient (Wildman–Crippen LogP) is -1.69. The fraction of sp³-hybridized carbons (Fsp3) is 0.571. The van der Waals surface area contributed by atoms with Crippen LogP contribution in [0.1, 0.15) is 12.8 Å². The molecule has 0 aromatic rings. The van der Waals surface area contributed by atoms with Crippen LogP contribution in [0.15, 0.2) is 12.2 Å². The van der Waals surface area contributed by atoms with Crippen LogP contribution >= 0.6 is 0 Å². The monoisotopic (exact) mass is 141 g/mol. The molecule has 0 amide bonds. The molecular formula is C7H11NO2. The summed E-state index contributed by atoms with van der Waals surface area (Å²) in [6, 6.07) is -0.00463. The second kappa shape index (κ2) is 2.84. The highest BCUT2D eigenvalue weighted by Crippen LogP contribution is 2.14. The first-order valence-corrected chi connectivity index (χ1v) is 3.40. The van der Waals surface area contributed by atoms with E-state index in [9.17, 15) is 9.90 Å². The zero-order chi connectivity index (χ0) is 7.56. The summed E-state index contributed by atoms with van der Waals surface area (Å²) in [6.45, 7) is 0. The number of rotatable bonds is 1. The maximum absolute atomic E-state index is 10.4. The lowest BCUT2D eigenvalue weighted by Gasteiger charge is -2.22. The molecule has 3 nitrogen and oxygen atoms in total. The number of carbonyl (C=O) groups excluding carboxylic acids is 1. The molecule has 0 heterocycles.